The van der Waals surface area contributed by atoms with Crippen molar-refractivity contribution in [2.45, 2.75) is 39.5 Å². The predicted molar refractivity (Wildman–Crippen MR) is 129 cm³/mol. The maximum absolute atomic E-state index is 12.8. The number of imide groups is 1. The summed E-state index contributed by atoms with van der Waals surface area (Å²) < 4.78 is 0. The summed E-state index contributed by atoms with van der Waals surface area (Å²) in [7, 11) is 0. The monoisotopic (exact) mass is 461 g/mol. The molecule has 2 aliphatic rings. The molecule has 0 N–H and O–H groups in total. The Morgan fingerprint density at radius 2 is 1.47 bits per heavy atom. The Labute approximate surface area is 200 Å². The van der Waals surface area contributed by atoms with Gasteiger partial charge >= 0.3 is 0 Å². The second kappa shape index (κ2) is 9.79. The highest BCUT2D eigenvalue weighted by Crippen LogP contribution is 2.24. The van der Waals surface area contributed by atoms with E-state index in [1.807, 2.05) is 37.3 Å². The first-order valence-corrected chi connectivity index (χ1v) is 11.9. The number of rotatable bonds is 6. The molecule has 0 bridgehead atoms. The lowest BCUT2D eigenvalue weighted by Gasteiger charge is -2.35. The summed E-state index contributed by atoms with van der Waals surface area (Å²) >= 11 is 0. The molecule has 1 saturated heterocycles. The number of nitrogens with zero attached hydrogens (tertiary/aromatic N) is 3. The lowest BCUT2D eigenvalue weighted by atomic mass is 10.0. The van der Waals surface area contributed by atoms with Crippen molar-refractivity contribution in [3.8, 4) is 0 Å². The average molecular weight is 462 g/mol. The fourth-order valence-corrected chi connectivity index (χ4v) is 4.51. The Kier molecular flexibility index (Phi) is 6.82. The molecule has 2 aliphatic heterocycles. The van der Waals surface area contributed by atoms with Gasteiger partial charge in [0.2, 0.25) is 5.91 Å². The minimum Gasteiger partial charge on any atom is -0.339 e. The van der Waals surface area contributed by atoms with Gasteiger partial charge < -0.3 is 9.80 Å². The second-order valence-corrected chi connectivity index (χ2v) is 9.36. The molecule has 34 heavy (non-hydrogen) atoms. The van der Waals surface area contributed by atoms with Crippen molar-refractivity contribution in [1.29, 1.82) is 0 Å². The number of fused-ring (bicyclic) bond motifs is 1. The molecule has 4 rings (SSSR count). The highest BCUT2D eigenvalue weighted by molar-refractivity contribution is 6.21. The number of hydrogen-bond donors (Lipinski definition) is 0. The van der Waals surface area contributed by atoms with Crippen molar-refractivity contribution in [2.75, 3.05) is 32.7 Å². The molecule has 2 heterocycles. The Hall–Kier alpha value is -3.48. The molecule has 2 aromatic rings. The van der Waals surface area contributed by atoms with Crippen LogP contribution in [0.2, 0.25) is 0 Å². The van der Waals surface area contributed by atoms with Gasteiger partial charge in [-0.1, -0.05) is 37.6 Å². The first-order valence-electron chi connectivity index (χ1n) is 11.9. The third-order valence-corrected chi connectivity index (χ3v) is 6.64. The standard InChI is InChI=1S/C27H31N3O4/c1-18(2)20-7-9-21(10-8-20)25(32)29-15-13-28(14-16-29)24(31)5-4-12-30-26(33)22-11-6-19(3)17-23(22)27(30)34/h6-11,17-18H,4-5,12-16H2,1-3H3. The lowest BCUT2D eigenvalue weighted by Crippen LogP contribution is -2.50. The van der Waals surface area contributed by atoms with Crippen molar-refractivity contribution in [1.82, 2.24) is 14.7 Å². The Morgan fingerprint density at radius 3 is 2.12 bits per heavy atom. The predicted octanol–water partition coefficient (Wildman–Crippen LogP) is 3.48. The molecule has 4 amide bonds. The molecule has 0 aromatic heterocycles. The molecule has 0 aliphatic carbocycles. The van der Waals surface area contributed by atoms with Gasteiger partial charge in [0.15, 0.2) is 0 Å². The first kappa shape index (κ1) is 23.7. The molecule has 7 heteroatoms. The van der Waals surface area contributed by atoms with E-state index in [-0.39, 0.29) is 36.6 Å². The van der Waals surface area contributed by atoms with Gasteiger partial charge in [-0.3, -0.25) is 24.1 Å². The average Bonchev–Trinajstić information content (AvgIpc) is 3.07. The van der Waals surface area contributed by atoms with Crippen molar-refractivity contribution < 1.29 is 19.2 Å². The Balaban J connectivity index is 1.24. The van der Waals surface area contributed by atoms with Crippen LogP contribution in [0.1, 0.15) is 74.8 Å². The minimum absolute atomic E-state index is 0.0109. The highest BCUT2D eigenvalue weighted by atomic mass is 16.2. The SMILES string of the molecule is Cc1ccc2c(c1)C(=O)N(CCCC(=O)N1CCN(C(=O)c3ccc(C(C)C)cc3)CC1)C2=O. The Morgan fingerprint density at radius 1 is 0.853 bits per heavy atom. The molecular formula is C27H31N3O4. The van der Waals surface area contributed by atoms with Crippen LogP contribution >= 0.6 is 0 Å². The summed E-state index contributed by atoms with van der Waals surface area (Å²) in [5.41, 5.74) is 3.67. The largest absolute Gasteiger partial charge is 0.339 e. The molecule has 0 atom stereocenters. The van der Waals surface area contributed by atoms with Gasteiger partial charge in [0.25, 0.3) is 17.7 Å². The van der Waals surface area contributed by atoms with Crippen LogP contribution in [0.5, 0.6) is 0 Å². The topological polar surface area (TPSA) is 78.0 Å². The van der Waals surface area contributed by atoms with E-state index in [9.17, 15) is 19.2 Å². The normalized spacial score (nSPS) is 15.8. The third-order valence-electron chi connectivity index (χ3n) is 6.64. The fourth-order valence-electron chi connectivity index (χ4n) is 4.51. The van der Waals surface area contributed by atoms with Crippen LogP contribution in [-0.4, -0.2) is 71.1 Å². The van der Waals surface area contributed by atoms with Gasteiger partial charge in [-0.25, -0.2) is 0 Å². The van der Waals surface area contributed by atoms with E-state index in [4.69, 9.17) is 0 Å². The number of hydrogen-bond acceptors (Lipinski definition) is 4. The summed E-state index contributed by atoms with van der Waals surface area (Å²) in [6.07, 6.45) is 0.682. The lowest BCUT2D eigenvalue weighted by molar-refractivity contribution is -0.132. The van der Waals surface area contributed by atoms with Crippen LogP contribution in [0.15, 0.2) is 42.5 Å². The van der Waals surface area contributed by atoms with Crippen LogP contribution in [0.4, 0.5) is 0 Å². The van der Waals surface area contributed by atoms with E-state index in [0.29, 0.717) is 55.2 Å². The van der Waals surface area contributed by atoms with Crippen LogP contribution in [-0.2, 0) is 4.79 Å². The third kappa shape index (κ3) is 4.74. The molecule has 0 unspecified atom stereocenters. The van der Waals surface area contributed by atoms with E-state index >= 15 is 0 Å². The van der Waals surface area contributed by atoms with Crippen LogP contribution in [0.3, 0.4) is 0 Å². The minimum atomic E-state index is -0.291. The highest BCUT2D eigenvalue weighted by Gasteiger charge is 2.35. The van der Waals surface area contributed by atoms with E-state index in [2.05, 4.69) is 13.8 Å². The molecule has 1 fully saturated rings. The molecule has 0 spiro atoms. The summed E-state index contributed by atoms with van der Waals surface area (Å²) in [5, 5.41) is 0. The molecular weight excluding hydrogens is 430 g/mol. The zero-order chi connectivity index (χ0) is 24.4. The van der Waals surface area contributed by atoms with Crippen molar-refractivity contribution >= 4 is 23.6 Å². The summed E-state index contributed by atoms with van der Waals surface area (Å²) in [6, 6.07) is 13.0. The summed E-state index contributed by atoms with van der Waals surface area (Å²) in [5.74, 6) is -0.185. The van der Waals surface area contributed by atoms with Crippen molar-refractivity contribution in [2.24, 2.45) is 0 Å². The zero-order valence-electron chi connectivity index (χ0n) is 20.0. The molecule has 0 radical (unpaired) electrons. The molecule has 7 nitrogen and oxygen atoms in total. The van der Waals surface area contributed by atoms with Gasteiger partial charge in [-0.2, -0.15) is 0 Å². The van der Waals surface area contributed by atoms with Gasteiger partial charge in [0, 0.05) is 44.7 Å². The maximum Gasteiger partial charge on any atom is 0.261 e. The van der Waals surface area contributed by atoms with E-state index in [1.54, 1.807) is 21.9 Å². The number of carbonyl (C=O) groups is 4. The number of piperazine rings is 1. The van der Waals surface area contributed by atoms with Gasteiger partial charge in [-0.15, -0.1) is 0 Å². The van der Waals surface area contributed by atoms with Crippen LogP contribution in [0.25, 0.3) is 0 Å². The molecule has 178 valence electrons. The fraction of sp³-hybridized carbons (Fsp3) is 0.407. The number of benzene rings is 2. The Bertz CT molecular complexity index is 1120. The number of aryl methyl sites for hydroxylation is 1. The van der Waals surface area contributed by atoms with E-state index in [1.165, 1.54) is 10.5 Å². The van der Waals surface area contributed by atoms with E-state index < -0.39 is 0 Å². The van der Waals surface area contributed by atoms with Crippen molar-refractivity contribution in [3.63, 3.8) is 0 Å². The smallest absolute Gasteiger partial charge is 0.261 e. The van der Waals surface area contributed by atoms with Gasteiger partial charge in [0.1, 0.15) is 0 Å². The summed E-state index contributed by atoms with van der Waals surface area (Å²) in [4.78, 5) is 55.4. The quantitative estimate of drug-likeness (QED) is 0.617. The first-order chi connectivity index (χ1) is 16.3. The van der Waals surface area contributed by atoms with Crippen LogP contribution in [0, 0.1) is 6.92 Å². The van der Waals surface area contributed by atoms with Gasteiger partial charge in [-0.05, 0) is 49.1 Å². The van der Waals surface area contributed by atoms with Crippen molar-refractivity contribution in [3.05, 3.63) is 70.3 Å². The zero-order valence-corrected chi connectivity index (χ0v) is 20.0. The summed E-state index contributed by atoms with van der Waals surface area (Å²) in [6.45, 7) is 8.31. The van der Waals surface area contributed by atoms with E-state index in [0.717, 1.165) is 5.56 Å². The maximum atomic E-state index is 12.8. The molecule has 0 saturated carbocycles. The number of amides is 4. The number of carbonyl (C=O) groups excluding carboxylic acids is 4. The van der Waals surface area contributed by atoms with Crippen LogP contribution < -0.4 is 0 Å². The second-order valence-electron chi connectivity index (χ2n) is 9.36. The molecule has 2 aromatic carbocycles. The van der Waals surface area contributed by atoms with Gasteiger partial charge in [0.05, 0.1) is 11.1 Å².